The van der Waals surface area contributed by atoms with Crippen molar-refractivity contribution in [2.75, 3.05) is 51.2 Å². The zero-order valence-electron chi connectivity index (χ0n) is 23.8. The Morgan fingerprint density at radius 2 is 1.91 bits per heavy atom. The van der Waals surface area contributed by atoms with Gasteiger partial charge < -0.3 is 25.2 Å². The van der Waals surface area contributed by atoms with Crippen LogP contribution < -0.4 is 16.1 Å². The Balaban J connectivity index is 1.03. The first-order valence-electron chi connectivity index (χ1n) is 14.7. The lowest BCUT2D eigenvalue weighted by Crippen LogP contribution is -2.56. The second-order valence-corrected chi connectivity index (χ2v) is 11.4. The number of allylic oxidation sites excluding steroid dienone is 2. The van der Waals surface area contributed by atoms with E-state index in [1.54, 1.807) is 0 Å². The molecule has 5 heterocycles. The van der Waals surface area contributed by atoms with Crippen molar-refractivity contribution in [2.24, 2.45) is 4.99 Å². The van der Waals surface area contributed by atoms with Crippen LogP contribution in [0.2, 0.25) is 0 Å². The normalized spacial score (nSPS) is 23.5. The van der Waals surface area contributed by atoms with Gasteiger partial charge in [0.15, 0.2) is 12.1 Å². The summed E-state index contributed by atoms with van der Waals surface area (Å²) in [6.45, 7) is 4.40. The lowest BCUT2D eigenvalue weighted by Gasteiger charge is -2.44. The van der Waals surface area contributed by atoms with Crippen LogP contribution in [0.4, 0.5) is 18.9 Å². The second-order valence-electron chi connectivity index (χ2n) is 11.4. The monoisotopic (exact) mass is 599 g/mol. The van der Waals surface area contributed by atoms with Crippen molar-refractivity contribution in [1.82, 2.24) is 25.6 Å². The van der Waals surface area contributed by atoms with Crippen LogP contribution in [-0.4, -0.2) is 96.4 Å². The largest absolute Gasteiger partial charge is 0.389 e. The van der Waals surface area contributed by atoms with E-state index >= 15 is 0 Å². The molecule has 1 unspecified atom stereocenters. The van der Waals surface area contributed by atoms with Crippen LogP contribution in [0, 0.1) is 0 Å². The minimum Gasteiger partial charge on any atom is -0.372 e. The zero-order valence-corrected chi connectivity index (χ0v) is 23.8. The first-order valence-corrected chi connectivity index (χ1v) is 14.7. The van der Waals surface area contributed by atoms with Gasteiger partial charge in [-0.25, -0.2) is 4.99 Å². The average molecular weight is 600 g/mol. The summed E-state index contributed by atoms with van der Waals surface area (Å²) < 4.78 is 43.6. The molecule has 2 saturated heterocycles. The van der Waals surface area contributed by atoms with Crippen molar-refractivity contribution in [3.63, 3.8) is 0 Å². The standard InChI is InChI=1S/C30H36F3N7O3/c31-30(32,33)10-7-25(41)38-15-8-21(9-16-38)24-2-1-14-40-26(24)36-28(37-40)35-23-5-3-22(4-6-23)27(42)39-17-11-29(12-18-39)20-34-13-19-43-29/h1-6,8,14,28,34-35,37H,7,9-13,15-20H2. The van der Waals surface area contributed by atoms with E-state index in [-0.39, 0.29) is 18.1 Å². The van der Waals surface area contributed by atoms with Gasteiger partial charge in [0.2, 0.25) is 5.91 Å². The number of carbonyl (C=O) groups is 2. The van der Waals surface area contributed by atoms with Crippen LogP contribution in [0.1, 0.15) is 42.5 Å². The van der Waals surface area contributed by atoms with Gasteiger partial charge in [-0.05, 0) is 61.3 Å². The van der Waals surface area contributed by atoms with Crippen molar-refractivity contribution in [1.29, 1.82) is 0 Å². The summed E-state index contributed by atoms with van der Waals surface area (Å²) >= 11 is 0. The van der Waals surface area contributed by atoms with Crippen LogP contribution in [0.5, 0.6) is 0 Å². The number of fused-ring (bicyclic) bond motifs is 1. The molecule has 5 aliphatic heterocycles. The molecule has 10 nitrogen and oxygen atoms in total. The number of aliphatic imine (C=N–C) groups is 1. The number of benzene rings is 1. The van der Waals surface area contributed by atoms with E-state index in [2.05, 4.69) is 16.1 Å². The molecule has 1 aromatic rings. The SMILES string of the molecule is O=C(CCC(F)(F)F)N1CC=C(C2=CC=CN3NC(Nc4ccc(C(=O)N5CCC6(CC5)CNCCO6)cc4)N=C23)CC1. The number of morpholine rings is 1. The van der Waals surface area contributed by atoms with Crippen LogP contribution in [-0.2, 0) is 9.53 Å². The second kappa shape index (κ2) is 12.1. The summed E-state index contributed by atoms with van der Waals surface area (Å²) in [5, 5.41) is 8.56. The van der Waals surface area contributed by atoms with Gasteiger partial charge in [0.25, 0.3) is 5.91 Å². The average Bonchev–Trinajstić information content (AvgIpc) is 3.43. The molecule has 13 heteroatoms. The molecule has 6 rings (SSSR count). The van der Waals surface area contributed by atoms with Gasteiger partial charge in [-0.1, -0.05) is 6.08 Å². The summed E-state index contributed by atoms with van der Waals surface area (Å²) in [5.74, 6) is 0.247. The van der Waals surface area contributed by atoms with Crippen LogP contribution in [0.3, 0.4) is 0 Å². The smallest absolute Gasteiger partial charge is 0.372 e. The Hall–Kier alpha value is -3.68. The lowest BCUT2D eigenvalue weighted by atomic mass is 9.89. The minimum atomic E-state index is -4.34. The van der Waals surface area contributed by atoms with E-state index in [1.165, 1.54) is 4.90 Å². The van der Waals surface area contributed by atoms with Crippen molar-refractivity contribution in [3.8, 4) is 0 Å². The molecule has 0 aromatic heterocycles. The first-order chi connectivity index (χ1) is 20.7. The van der Waals surface area contributed by atoms with Gasteiger partial charge in [-0.2, -0.15) is 18.6 Å². The molecule has 0 bridgehead atoms. The Kier molecular flexibility index (Phi) is 8.29. The summed E-state index contributed by atoms with van der Waals surface area (Å²) in [7, 11) is 0. The van der Waals surface area contributed by atoms with Crippen LogP contribution in [0.15, 0.2) is 64.8 Å². The highest BCUT2D eigenvalue weighted by Crippen LogP contribution is 2.30. The molecule has 43 heavy (non-hydrogen) atoms. The number of rotatable bonds is 6. The highest BCUT2D eigenvalue weighted by Gasteiger charge is 2.38. The molecule has 2 fully saturated rings. The summed E-state index contributed by atoms with van der Waals surface area (Å²) in [5.41, 5.74) is 6.47. The fourth-order valence-corrected chi connectivity index (χ4v) is 6.08. The number of amidine groups is 1. The molecule has 1 spiro atoms. The van der Waals surface area contributed by atoms with E-state index in [1.807, 2.05) is 58.6 Å². The van der Waals surface area contributed by atoms with Gasteiger partial charge in [-0.15, -0.1) is 0 Å². The highest BCUT2D eigenvalue weighted by atomic mass is 19.4. The van der Waals surface area contributed by atoms with Crippen molar-refractivity contribution < 1.29 is 27.5 Å². The Morgan fingerprint density at radius 3 is 2.58 bits per heavy atom. The molecule has 1 atom stereocenters. The molecule has 5 aliphatic rings. The number of ether oxygens (including phenoxy) is 1. The molecule has 3 N–H and O–H groups in total. The summed E-state index contributed by atoms with van der Waals surface area (Å²) in [6.07, 6.45) is 3.35. The third kappa shape index (κ3) is 6.78. The third-order valence-electron chi connectivity index (χ3n) is 8.54. The first kappa shape index (κ1) is 29.4. The lowest BCUT2D eigenvalue weighted by molar-refractivity contribution is -0.148. The molecular formula is C30H36F3N7O3. The van der Waals surface area contributed by atoms with Gasteiger partial charge >= 0.3 is 6.18 Å². The molecular weight excluding hydrogens is 563 g/mol. The predicted octanol–water partition coefficient (Wildman–Crippen LogP) is 3.15. The van der Waals surface area contributed by atoms with Gasteiger partial charge in [-0.3, -0.25) is 14.6 Å². The molecule has 0 radical (unpaired) electrons. The maximum Gasteiger partial charge on any atom is 0.389 e. The Bertz CT molecular complexity index is 1340. The summed E-state index contributed by atoms with van der Waals surface area (Å²) in [4.78, 5) is 33.5. The number of nitrogens with one attached hydrogen (secondary N) is 3. The van der Waals surface area contributed by atoms with E-state index in [0.717, 1.165) is 48.6 Å². The number of carbonyl (C=O) groups excluding carboxylic acids is 2. The molecule has 230 valence electrons. The maximum atomic E-state index is 13.1. The van der Waals surface area contributed by atoms with Crippen molar-refractivity contribution in [2.45, 2.75) is 50.2 Å². The summed E-state index contributed by atoms with van der Waals surface area (Å²) in [6, 6.07) is 7.38. The highest BCUT2D eigenvalue weighted by molar-refractivity contribution is 6.04. The van der Waals surface area contributed by atoms with Crippen LogP contribution >= 0.6 is 0 Å². The number of piperidine rings is 1. The number of likely N-dealkylation sites (tertiary alicyclic amines) is 1. The fourth-order valence-electron chi connectivity index (χ4n) is 6.08. The van der Waals surface area contributed by atoms with E-state index in [0.29, 0.717) is 38.2 Å². The van der Waals surface area contributed by atoms with E-state index < -0.39 is 31.2 Å². The molecule has 1 aromatic carbocycles. The van der Waals surface area contributed by atoms with Gasteiger partial charge in [0, 0.05) is 68.7 Å². The minimum absolute atomic E-state index is 0.0165. The Morgan fingerprint density at radius 1 is 1.12 bits per heavy atom. The topological polar surface area (TPSA) is 102 Å². The number of alkyl halides is 3. The Labute approximate surface area is 248 Å². The quantitative estimate of drug-likeness (QED) is 0.462. The number of hydrazine groups is 1. The molecule has 0 saturated carbocycles. The number of amides is 2. The molecule has 0 aliphatic carbocycles. The third-order valence-corrected chi connectivity index (χ3v) is 8.54. The van der Waals surface area contributed by atoms with Gasteiger partial charge in [0.1, 0.15) is 0 Å². The number of hydrogen-bond acceptors (Lipinski definition) is 8. The number of anilines is 1. The predicted molar refractivity (Wildman–Crippen MR) is 155 cm³/mol. The van der Waals surface area contributed by atoms with E-state index in [4.69, 9.17) is 9.73 Å². The maximum absolute atomic E-state index is 13.1. The van der Waals surface area contributed by atoms with Crippen molar-refractivity contribution >= 4 is 23.3 Å². The van der Waals surface area contributed by atoms with Crippen molar-refractivity contribution in [3.05, 3.63) is 65.4 Å². The van der Waals surface area contributed by atoms with Crippen LogP contribution in [0.25, 0.3) is 0 Å². The molecule has 2 amide bonds. The number of hydrogen-bond donors (Lipinski definition) is 3. The van der Waals surface area contributed by atoms with E-state index in [9.17, 15) is 22.8 Å². The zero-order chi connectivity index (χ0) is 30.0. The van der Waals surface area contributed by atoms with Gasteiger partial charge in [0.05, 0.1) is 18.6 Å². The number of nitrogens with zero attached hydrogens (tertiary/aromatic N) is 4. The number of halogens is 3. The fraction of sp³-hybridized carbons (Fsp3) is 0.500.